The lowest BCUT2D eigenvalue weighted by Gasteiger charge is -2.08. The third kappa shape index (κ3) is 4.03. The van der Waals surface area contributed by atoms with Gasteiger partial charge in [-0.3, -0.25) is 0 Å². The second kappa shape index (κ2) is 7.01. The Morgan fingerprint density at radius 3 is 2.50 bits per heavy atom. The number of hydrogen-bond donors (Lipinski definition) is 0. The van der Waals surface area contributed by atoms with E-state index in [1.165, 1.54) is 0 Å². The van der Waals surface area contributed by atoms with Gasteiger partial charge in [0.05, 0.1) is 20.3 Å². The number of hydrogen-bond acceptors (Lipinski definition) is 3. The summed E-state index contributed by atoms with van der Waals surface area (Å²) >= 11 is 0. The topological polar surface area (TPSA) is 35.5 Å². The molecule has 0 saturated heterocycles. The smallest absolute Gasteiger partial charge is 0.125 e. The average molecular weight is 222 g/mol. The van der Waals surface area contributed by atoms with Gasteiger partial charge in [0.2, 0.25) is 0 Å². The number of methoxy groups -OCH3 is 1. The fraction of sp³-hybridized carbons (Fsp3) is 0.462. The number of carbonyl (C=O) groups is 1. The van der Waals surface area contributed by atoms with Gasteiger partial charge in [-0.15, -0.1) is 0 Å². The second-order valence-electron chi connectivity index (χ2n) is 3.67. The molecule has 0 aliphatic heterocycles. The van der Waals surface area contributed by atoms with Crippen LogP contribution in [0.4, 0.5) is 0 Å². The van der Waals surface area contributed by atoms with Crippen molar-refractivity contribution in [2.45, 2.75) is 20.0 Å². The van der Waals surface area contributed by atoms with Crippen LogP contribution in [0.1, 0.15) is 18.9 Å². The summed E-state index contributed by atoms with van der Waals surface area (Å²) < 4.78 is 10.5. The molecular weight excluding hydrogens is 204 g/mol. The van der Waals surface area contributed by atoms with Crippen LogP contribution in [0.5, 0.6) is 5.75 Å². The maximum absolute atomic E-state index is 10.6. The molecule has 88 valence electrons. The van der Waals surface area contributed by atoms with Crippen molar-refractivity contribution in [2.24, 2.45) is 5.92 Å². The molecule has 1 rings (SSSR count). The number of benzene rings is 1. The molecule has 0 amide bonds. The van der Waals surface area contributed by atoms with Crippen molar-refractivity contribution < 1.29 is 14.3 Å². The molecule has 1 aromatic carbocycles. The molecule has 0 aliphatic carbocycles. The third-order valence-corrected chi connectivity index (χ3v) is 2.48. The van der Waals surface area contributed by atoms with E-state index in [9.17, 15) is 4.79 Å². The van der Waals surface area contributed by atoms with Gasteiger partial charge < -0.3 is 14.3 Å². The summed E-state index contributed by atoms with van der Waals surface area (Å²) in [7, 11) is 1.64. The molecule has 16 heavy (non-hydrogen) atoms. The van der Waals surface area contributed by atoms with Crippen LogP contribution < -0.4 is 4.74 Å². The highest BCUT2D eigenvalue weighted by molar-refractivity contribution is 5.53. The lowest BCUT2D eigenvalue weighted by Crippen LogP contribution is -2.09. The zero-order valence-corrected chi connectivity index (χ0v) is 9.81. The van der Waals surface area contributed by atoms with Crippen molar-refractivity contribution in [1.82, 2.24) is 0 Å². The normalized spacial score (nSPS) is 12.1. The quantitative estimate of drug-likeness (QED) is 0.665. The zero-order chi connectivity index (χ0) is 11.8. The van der Waals surface area contributed by atoms with Crippen molar-refractivity contribution in [3.8, 4) is 5.75 Å². The van der Waals surface area contributed by atoms with Crippen molar-refractivity contribution in [2.75, 3.05) is 13.7 Å². The van der Waals surface area contributed by atoms with Gasteiger partial charge in [0.25, 0.3) is 0 Å². The Labute approximate surface area is 96.4 Å². The van der Waals surface area contributed by atoms with Crippen molar-refractivity contribution in [3.63, 3.8) is 0 Å². The Morgan fingerprint density at radius 2 is 2.00 bits per heavy atom. The van der Waals surface area contributed by atoms with Crippen LogP contribution in [0.25, 0.3) is 0 Å². The van der Waals surface area contributed by atoms with Gasteiger partial charge in [-0.1, -0.05) is 19.1 Å². The largest absolute Gasteiger partial charge is 0.497 e. The molecule has 1 aromatic rings. The van der Waals surface area contributed by atoms with Crippen molar-refractivity contribution >= 4 is 6.29 Å². The van der Waals surface area contributed by atoms with E-state index < -0.39 is 0 Å². The third-order valence-electron chi connectivity index (χ3n) is 2.48. The van der Waals surface area contributed by atoms with Gasteiger partial charge in [-0.2, -0.15) is 0 Å². The predicted molar refractivity (Wildman–Crippen MR) is 62.5 cm³/mol. The molecule has 0 fully saturated rings. The predicted octanol–water partition coefficient (Wildman–Crippen LogP) is 2.44. The molecule has 0 bridgehead atoms. The molecule has 0 radical (unpaired) electrons. The van der Waals surface area contributed by atoms with E-state index in [2.05, 4.69) is 0 Å². The van der Waals surface area contributed by atoms with Crippen LogP contribution in [-0.4, -0.2) is 20.0 Å². The molecule has 0 aliphatic rings. The Morgan fingerprint density at radius 1 is 1.31 bits per heavy atom. The molecule has 3 nitrogen and oxygen atoms in total. The van der Waals surface area contributed by atoms with Crippen molar-refractivity contribution in [3.05, 3.63) is 29.8 Å². The van der Waals surface area contributed by atoms with Gasteiger partial charge in [0, 0.05) is 5.92 Å². The fourth-order valence-electron chi connectivity index (χ4n) is 1.30. The first-order chi connectivity index (χ1) is 7.80. The number of aldehydes is 1. The van der Waals surface area contributed by atoms with E-state index in [4.69, 9.17) is 9.47 Å². The van der Waals surface area contributed by atoms with Gasteiger partial charge in [0.1, 0.15) is 12.0 Å². The minimum Gasteiger partial charge on any atom is -0.497 e. The molecule has 0 saturated carbocycles. The van der Waals surface area contributed by atoms with E-state index in [0.29, 0.717) is 13.2 Å². The summed E-state index contributed by atoms with van der Waals surface area (Å²) in [5, 5.41) is 0. The first-order valence-electron chi connectivity index (χ1n) is 5.46. The lowest BCUT2D eigenvalue weighted by atomic mass is 10.1. The summed E-state index contributed by atoms with van der Waals surface area (Å²) in [5.41, 5.74) is 1.08. The molecule has 1 atom stereocenters. The van der Waals surface area contributed by atoms with Gasteiger partial charge >= 0.3 is 0 Å². The highest BCUT2D eigenvalue weighted by Gasteiger charge is 2.04. The standard InChI is InChI=1S/C13H18O3/c1-3-11(8-14)9-16-10-12-4-6-13(15-2)7-5-12/h4-8,11H,3,9-10H2,1-2H3/t11-/m1/s1. The molecule has 0 unspecified atom stereocenters. The highest BCUT2D eigenvalue weighted by atomic mass is 16.5. The van der Waals surface area contributed by atoms with Gasteiger partial charge in [-0.25, -0.2) is 0 Å². The summed E-state index contributed by atoms with van der Waals surface area (Å²) in [6.07, 6.45) is 1.78. The maximum atomic E-state index is 10.6. The summed E-state index contributed by atoms with van der Waals surface area (Å²) in [6, 6.07) is 7.72. The Kier molecular flexibility index (Phi) is 5.57. The molecular formula is C13H18O3. The van der Waals surface area contributed by atoms with Crippen LogP contribution in [0.2, 0.25) is 0 Å². The molecule has 0 heterocycles. The summed E-state index contributed by atoms with van der Waals surface area (Å²) in [6.45, 7) is 3.01. The number of ether oxygens (including phenoxy) is 2. The first kappa shape index (κ1) is 12.7. The Bertz CT molecular complexity index is 305. The second-order valence-corrected chi connectivity index (χ2v) is 3.67. The van der Waals surface area contributed by atoms with Crippen molar-refractivity contribution in [1.29, 1.82) is 0 Å². The van der Waals surface area contributed by atoms with Crippen LogP contribution >= 0.6 is 0 Å². The minimum atomic E-state index is 0.0123. The van der Waals surface area contributed by atoms with E-state index in [-0.39, 0.29) is 5.92 Å². The minimum absolute atomic E-state index is 0.0123. The maximum Gasteiger partial charge on any atom is 0.125 e. The number of rotatable bonds is 7. The van der Waals surface area contributed by atoms with E-state index in [0.717, 1.165) is 24.0 Å². The van der Waals surface area contributed by atoms with Crippen LogP contribution in [-0.2, 0) is 16.1 Å². The monoisotopic (exact) mass is 222 g/mol. The fourth-order valence-corrected chi connectivity index (χ4v) is 1.30. The van der Waals surface area contributed by atoms with E-state index in [1.807, 2.05) is 31.2 Å². The van der Waals surface area contributed by atoms with Crippen LogP contribution in [0, 0.1) is 5.92 Å². The van der Waals surface area contributed by atoms with E-state index in [1.54, 1.807) is 7.11 Å². The van der Waals surface area contributed by atoms with Crippen LogP contribution in [0.15, 0.2) is 24.3 Å². The SMILES string of the molecule is CC[C@H](C=O)COCc1ccc(OC)cc1. The molecule has 0 aromatic heterocycles. The first-order valence-corrected chi connectivity index (χ1v) is 5.46. The molecule has 3 heteroatoms. The van der Waals surface area contributed by atoms with Gasteiger partial charge in [-0.05, 0) is 24.1 Å². The van der Waals surface area contributed by atoms with E-state index >= 15 is 0 Å². The highest BCUT2D eigenvalue weighted by Crippen LogP contribution is 2.12. The summed E-state index contributed by atoms with van der Waals surface area (Å²) in [4.78, 5) is 10.6. The summed E-state index contributed by atoms with van der Waals surface area (Å²) in [5.74, 6) is 0.848. The van der Waals surface area contributed by atoms with Crippen LogP contribution in [0.3, 0.4) is 0 Å². The molecule has 0 spiro atoms. The Balaban J connectivity index is 2.34. The van der Waals surface area contributed by atoms with Gasteiger partial charge in [0.15, 0.2) is 0 Å². The molecule has 0 N–H and O–H groups in total. The zero-order valence-electron chi connectivity index (χ0n) is 9.81. The average Bonchev–Trinajstić information content (AvgIpc) is 2.35. The Hall–Kier alpha value is -1.35. The number of carbonyl (C=O) groups excluding carboxylic acids is 1. The lowest BCUT2D eigenvalue weighted by molar-refractivity contribution is -0.113.